The molecular formula is C18H23N5O3. The summed E-state index contributed by atoms with van der Waals surface area (Å²) in [5.74, 6) is 1.14. The topological polar surface area (TPSA) is 99.6 Å². The number of carboxylic acids is 1. The lowest BCUT2D eigenvalue weighted by Gasteiger charge is -2.26. The molecule has 0 bridgehead atoms. The average molecular weight is 357 g/mol. The van der Waals surface area contributed by atoms with Crippen LogP contribution in [0.5, 0.6) is 0 Å². The second-order valence-corrected chi connectivity index (χ2v) is 6.07. The van der Waals surface area contributed by atoms with E-state index in [1.807, 2.05) is 13.0 Å². The minimum Gasteiger partial charge on any atom is -0.478 e. The number of aromatic carboxylic acids is 1. The molecule has 1 fully saturated rings. The third-order valence-corrected chi connectivity index (χ3v) is 4.08. The van der Waals surface area contributed by atoms with Crippen LogP contribution >= 0.6 is 0 Å². The van der Waals surface area contributed by atoms with Crippen molar-refractivity contribution in [3.05, 3.63) is 41.7 Å². The first-order valence-corrected chi connectivity index (χ1v) is 8.60. The Labute approximate surface area is 152 Å². The van der Waals surface area contributed by atoms with Crippen LogP contribution in [0.3, 0.4) is 0 Å². The van der Waals surface area contributed by atoms with Crippen LogP contribution in [0, 0.1) is 6.92 Å². The third kappa shape index (κ3) is 5.14. The summed E-state index contributed by atoms with van der Waals surface area (Å²) in [4.78, 5) is 22.1. The maximum absolute atomic E-state index is 10.9. The number of ether oxygens (including phenoxy) is 1. The van der Waals surface area contributed by atoms with E-state index in [2.05, 4.69) is 25.5 Å². The summed E-state index contributed by atoms with van der Waals surface area (Å²) in [7, 11) is 0. The number of aromatic nitrogens is 2. The summed E-state index contributed by atoms with van der Waals surface area (Å²) < 4.78 is 5.35. The van der Waals surface area contributed by atoms with E-state index in [1.165, 1.54) is 0 Å². The maximum Gasteiger partial charge on any atom is 0.335 e. The molecule has 138 valence electrons. The summed E-state index contributed by atoms with van der Waals surface area (Å²) in [5, 5.41) is 15.5. The van der Waals surface area contributed by atoms with E-state index in [-0.39, 0.29) is 5.56 Å². The molecular weight excluding hydrogens is 334 g/mol. The van der Waals surface area contributed by atoms with E-state index in [1.54, 1.807) is 24.3 Å². The molecule has 1 aliphatic rings. The van der Waals surface area contributed by atoms with Crippen LogP contribution < -0.4 is 10.6 Å². The number of hydrogen-bond donors (Lipinski definition) is 3. The van der Waals surface area contributed by atoms with Gasteiger partial charge in [-0.25, -0.2) is 14.8 Å². The van der Waals surface area contributed by atoms with Gasteiger partial charge in [0, 0.05) is 37.9 Å². The van der Waals surface area contributed by atoms with Crippen molar-refractivity contribution in [3.63, 3.8) is 0 Å². The first kappa shape index (κ1) is 18.1. The fraction of sp³-hybridized carbons (Fsp3) is 0.389. The minimum absolute atomic E-state index is 0.250. The number of benzene rings is 1. The van der Waals surface area contributed by atoms with Crippen LogP contribution in [0.2, 0.25) is 0 Å². The number of carboxylic acid groups (broad SMARTS) is 1. The second kappa shape index (κ2) is 8.59. The Kier molecular flexibility index (Phi) is 5.98. The number of nitrogens with one attached hydrogen (secondary N) is 2. The van der Waals surface area contributed by atoms with E-state index in [4.69, 9.17) is 9.84 Å². The van der Waals surface area contributed by atoms with Crippen molar-refractivity contribution in [2.45, 2.75) is 6.92 Å². The van der Waals surface area contributed by atoms with Gasteiger partial charge in [0.15, 0.2) is 0 Å². The molecule has 8 heteroatoms. The van der Waals surface area contributed by atoms with Gasteiger partial charge in [0.25, 0.3) is 0 Å². The number of carbonyl (C=O) groups is 1. The molecule has 1 aliphatic heterocycles. The molecule has 1 aromatic carbocycles. The third-order valence-electron chi connectivity index (χ3n) is 4.08. The van der Waals surface area contributed by atoms with Gasteiger partial charge in [-0.3, -0.25) is 4.90 Å². The molecule has 1 aromatic heterocycles. The summed E-state index contributed by atoms with van der Waals surface area (Å²) in [6, 6.07) is 8.39. The van der Waals surface area contributed by atoms with Crippen molar-refractivity contribution < 1.29 is 14.6 Å². The minimum atomic E-state index is -0.943. The lowest BCUT2D eigenvalue weighted by molar-refractivity contribution is 0.0398. The zero-order valence-electron chi connectivity index (χ0n) is 14.7. The molecule has 1 saturated heterocycles. The van der Waals surface area contributed by atoms with E-state index >= 15 is 0 Å². The summed E-state index contributed by atoms with van der Waals surface area (Å²) >= 11 is 0. The highest BCUT2D eigenvalue weighted by Gasteiger charge is 2.10. The zero-order chi connectivity index (χ0) is 18.4. The molecule has 0 aliphatic carbocycles. The first-order valence-electron chi connectivity index (χ1n) is 8.60. The predicted molar refractivity (Wildman–Crippen MR) is 99.2 cm³/mol. The monoisotopic (exact) mass is 357 g/mol. The maximum atomic E-state index is 10.9. The summed E-state index contributed by atoms with van der Waals surface area (Å²) in [6.07, 6.45) is 0. The number of rotatable bonds is 7. The fourth-order valence-electron chi connectivity index (χ4n) is 2.73. The molecule has 3 rings (SSSR count). The predicted octanol–water partition coefficient (Wildman–Crippen LogP) is 1.97. The van der Waals surface area contributed by atoms with Crippen LogP contribution in [0.4, 0.5) is 17.3 Å². The number of anilines is 3. The van der Waals surface area contributed by atoms with Gasteiger partial charge in [0.2, 0.25) is 0 Å². The molecule has 0 spiro atoms. The molecule has 0 radical (unpaired) electrons. The Balaban J connectivity index is 1.58. The van der Waals surface area contributed by atoms with Gasteiger partial charge < -0.3 is 20.5 Å². The van der Waals surface area contributed by atoms with Crippen LogP contribution in [0.15, 0.2) is 30.3 Å². The lowest BCUT2D eigenvalue weighted by Crippen LogP contribution is -2.39. The number of morpholine rings is 1. The van der Waals surface area contributed by atoms with Crippen molar-refractivity contribution in [3.8, 4) is 0 Å². The smallest absolute Gasteiger partial charge is 0.335 e. The van der Waals surface area contributed by atoms with Crippen molar-refractivity contribution in [1.82, 2.24) is 14.9 Å². The van der Waals surface area contributed by atoms with Gasteiger partial charge in [-0.15, -0.1) is 0 Å². The Bertz CT molecular complexity index is 745. The van der Waals surface area contributed by atoms with Crippen molar-refractivity contribution in [2.75, 3.05) is 50.0 Å². The zero-order valence-corrected chi connectivity index (χ0v) is 14.7. The van der Waals surface area contributed by atoms with Gasteiger partial charge in [0.1, 0.15) is 17.5 Å². The highest BCUT2D eigenvalue weighted by atomic mass is 16.5. The molecule has 0 saturated carbocycles. The second-order valence-electron chi connectivity index (χ2n) is 6.07. The van der Waals surface area contributed by atoms with Crippen molar-refractivity contribution in [1.29, 1.82) is 0 Å². The van der Waals surface area contributed by atoms with Crippen LogP contribution in [0.25, 0.3) is 0 Å². The standard InChI is InChI=1S/C18H23N5O3/c1-13-20-16(19-6-7-23-8-10-26-11-9-23)12-17(21-13)22-15-4-2-14(3-5-15)18(24)25/h2-5,12H,6-11H2,1H3,(H,24,25)(H2,19,20,21,22). The first-order chi connectivity index (χ1) is 12.6. The molecule has 0 unspecified atom stereocenters. The van der Waals surface area contributed by atoms with E-state index < -0.39 is 5.97 Å². The number of hydrogen-bond acceptors (Lipinski definition) is 7. The summed E-state index contributed by atoms with van der Waals surface area (Å²) in [5.41, 5.74) is 1.02. The molecule has 26 heavy (non-hydrogen) atoms. The molecule has 3 N–H and O–H groups in total. The molecule has 8 nitrogen and oxygen atoms in total. The van der Waals surface area contributed by atoms with Gasteiger partial charge in [-0.05, 0) is 31.2 Å². The van der Waals surface area contributed by atoms with Gasteiger partial charge >= 0.3 is 5.97 Å². The van der Waals surface area contributed by atoms with E-state index in [9.17, 15) is 4.79 Å². The van der Waals surface area contributed by atoms with Crippen molar-refractivity contribution in [2.24, 2.45) is 0 Å². The van der Waals surface area contributed by atoms with Gasteiger partial charge in [-0.1, -0.05) is 0 Å². The van der Waals surface area contributed by atoms with E-state index in [0.29, 0.717) is 11.6 Å². The Hall–Kier alpha value is -2.71. The molecule has 0 atom stereocenters. The largest absolute Gasteiger partial charge is 0.478 e. The SMILES string of the molecule is Cc1nc(NCCN2CCOCC2)cc(Nc2ccc(C(=O)O)cc2)n1. The van der Waals surface area contributed by atoms with Crippen LogP contribution in [0.1, 0.15) is 16.2 Å². The highest BCUT2D eigenvalue weighted by molar-refractivity contribution is 5.88. The quantitative estimate of drug-likeness (QED) is 0.692. The fourth-order valence-corrected chi connectivity index (χ4v) is 2.73. The average Bonchev–Trinajstić information content (AvgIpc) is 2.62. The highest BCUT2D eigenvalue weighted by Crippen LogP contribution is 2.18. The Morgan fingerprint density at radius 1 is 1.19 bits per heavy atom. The van der Waals surface area contributed by atoms with Gasteiger partial charge in [-0.2, -0.15) is 0 Å². The van der Waals surface area contributed by atoms with Crippen LogP contribution in [-0.2, 0) is 4.74 Å². The van der Waals surface area contributed by atoms with Crippen LogP contribution in [-0.4, -0.2) is 65.3 Å². The Morgan fingerprint density at radius 2 is 1.88 bits per heavy atom. The van der Waals surface area contributed by atoms with Gasteiger partial charge in [0.05, 0.1) is 18.8 Å². The van der Waals surface area contributed by atoms with Crippen molar-refractivity contribution >= 4 is 23.3 Å². The Morgan fingerprint density at radius 3 is 2.58 bits per heavy atom. The number of aryl methyl sites for hydroxylation is 1. The summed E-state index contributed by atoms with van der Waals surface area (Å²) in [6.45, 7) is 7.08. The number of nitrogens with zero attached hydrogens (tertiary/aromatic N) is 3. The lowest BCUT2D eigenvalue weighted by atomic mass is 10.2. The van der Waals surface area contributed by atoms with E-state index in [0.717, 1.165) is 50.9 Å². The normalized spacial score (nSPS) is 14.8. The molecule has 2 heterocycles. The molecule has 0 amide bonds. The molecule has 2 aromatic rings.